The van der Waals surface area contributed by atoms with E-state index in [2.05, 4.69) is 15.2 Å². The summed E-state index contributed by atoms with van der Waals surface area (Å²) in [6.07, 6.45) is 5.08. The molecular weight excluding hydrogens is 364 g/mol. The zero-order chi connectivity index (χ0) is 18.8. The molecule has 2 aromatic rings. The summed E-state index contributed by atoms with van der Waals surface area (Å²) in [6.45, 7) is 2.70. The molecule has 1 aliphatic carbocycles. The number of piperazine rings is 1. The monoisotopic (exact) mass is 384 g/mol. The second-order valence-electron chi connectivity index (χ2n) is 6.97. The van der Waals surface area contributed by atoms with Gasteiger partial charge in [-0.3, -0.25) is 14.6 Å². The summed E-state index contributed by atoms with van der Waals surface area (Å²) in [5.74, 6) is -0.250. The molecule has 7 heteroatoms. The molecule has 1 aliphatic heterocycles. The van der Waals surface area contributed by atoms with Crippen molar-refractivity contribution in [2.45, 2.75) is 18.9 Å². The first-order valence-electron chi connectivity index (χ1n) is 9.16. The van der Waals surface area contributed by atoms with Gasteiger partial charge < -0.3 is 15.1 Å². The zero-order valence-corrected chi connectivity index (χ0v) is 15.7. The largest absolute Gasteiger partial charge is 0.368 e. The second kappa shape index (κ2) is 7.56. The molecule has 6 nitrogen and oxygen atoms in total. The van der Waals surface area contributed by atoms with Crippen molar-refractivity contribution >= 4 is 29.1 Å². The Bertz CT molecular complexity index is 861. The highest BCUT2D eigenvalue weighted by molar-refractivity contribution is 6.30. The van der Waals surface area contributed by atoms with E-state index in [1.165, 1.54) is 12.4 Å². The third-order valence-corrected chi connectivity index (χ3v) is 5.14. The maximum Gasteiger partial charge on any atom is 0.255 e. The number of pyridine rings is 1. The first kappa shape index (κ1) is 17.8. The summed E-state index contributed by atoms with van der Waals surface area (Å²) >= 11 is 6.07. The minimum Gasteiger partial charge on any atom is -0.368 e. The molecule has 27 heavy (non-hydrogen) atoms. The van der Waals surface area contributed by atoms with Crippen LogP contribution in [0.3, 0.4) is 0 Å². The number of anilines is 1. The van der Waals surface area contributed by atoms with Crippen molar-refractivity contribution in [3.05, 3.63) is 58.9 Å². The van der Waals surface area contributed by atoms with E-state index in [9.17, 15) is 9.59 Å². The van der Waals surface area contributed by atoms with E-state index >= 15 is 0 Å². The molecule has 2 heterocycles. The Balaban J connectivity index is 1.39. The van der Waals surface area contributed by atoms with Crippen molar-refractivity contribution in [3.8, 4) is 0 Å². The molecule has 1 saturated carbocycles. The van der Waals surface area contributed by atoms with Crippen LogP contribution < -0.4 is 10.2 Å². The molecule has 1 aromatic carbocycles. The Kier molecular flexibility index (Phi) is 4.99. The van der Waals surface area contributed by atoms with Crippen molar-refractivity contribution in [1.82, 2.24) is 15.2 Å². The van der Waals surface area contributed by atoms with E-state index < -0.39 is 0 Å². The van der Waals surface area contributed by atoms with E-state index in [1.807, 2.05) is 24.3 Å². The van der Waals surface area contributed by atoms with Crippen LogP contribution in [0.5, 0.6) is 0 Å². The zero-order valence-electron chi connectivity index (χ0n) is 14.9. The number of aromatic nitrogens is 1. The van der Waals surface area contributed by atoms with E-state index in [0.29, 0.717) is 29.2 Å². The maximum atomic E-state index is 12.8. The van der Waals surface area contributed by atoms with Crippen molar-refractivity contribution < 1.29 is 9.59 Å². The second-order valence-corrected chi connectivity index (χ2v) is 7.41. The highest BCUT2D eigenvalue weighted by atomic mass is 35.5. The van der Waals surface area contributed by atoms with Gasteiger partial charge in [0.25, 0.3) is 11.8 Å². The average molecular weight is 385 g/mol. The molecule has 2 fully saturated rings. The molecule has 140 valence electrons. The predicted molar refractivity (Wildman–Crippen MR) is 104 cm³/mol. The number of rotatable bonds is 4. The number of amides is 2. The van der Waals surface area contributed by atoms with Gasteiger partial charge in [-0.25, -0.2) is 0 Å². The van der Waals surface area contributed by atoms with Gasteiger partial charge in [-0.2, -0.15) is 0 Å². The van der Waals surface area contributed by atoms with Gasteiger partial charge in [0.1, 0.15) is 0 Å². The van der Waals surface area contributed by atoms with Gasteiger partial charge in [-0.15, -0.1) is 0 Å². The van der Waals surface area contributed by atoms with E-state index in [1.54, 1.807) is 11.0 Å². The number of hydrogen-bond acceptors (Lipinski definition) is 4. The Labute approximate surface area is 163 Å². The van der Waals surface area contributed by atoms with Crippen LogP contribution in [0.1, 0.15) is 33.6 Å². The summed E-state index contributed by atoms with van der Waals surface area (Å²) in [6, 6.07) is 9.65. The van der Waals surface area contributed by atoms with Crippen LogP contribution in [-0.4, -0.2) is 53.9 Å². The lowest BCUT2D eigenvalue weighted by Crippen LogP contribution is -2.48. The van der Waals surface area contributed by atoms with Crippen molar-refractivity contribution in [1.29, 1.82) is 0 Å². The molecule has 2 amide bonds. The standard InChI is InChI=1S/C20H21ClN4O2/c21-16-2-1-3-18(11-16)24-6-8-25(9-7-24)20(27)15-10-14(12-22-13-15)19(26)23-17-4-5-17/h1-3,10-13,17H,4-9H2,(H,23,26). The topological polar surface area (TPSA) is 65.5 Å². The van der Waals surface area contributed by atoms with Gasteiger partial charge in [-0.05, 0) is 37.1 Å². The predicted octanol–water partition coefficient (Wildman–Crippen LogP) is 2.59. The molecule has 4 rings (SSSR count). The number of benzene rings is 1. The van der Waals surface area contributed by atoms with Crippen LogP contribution in [0.15, 0.2) is 42.7 Å². The fourth-order valence-electron chi connectivity index (χ4n) is 3.20. The Morgan fingerprint density at radius 3 is 2.48 bits per heavy atom. The number of carbonyl (C=O) groups is 2. The smallest absolute Gasteiger partial charge is 0.255 e. The van der Waals surface area contributed by atoms with E-state index in [-0.39, 0.29) is 17.9 Å². The summed E-state index contributed by atoms with van der Waals surface area (Å²) in [5, 5.41) is 3.63. The van der Waals surface area contributed by atoms with Crippen LogP contribution in [0.2, 0.25) is 5.02 Å². The van der Waals surface area contributed by atoms with Gasteiger partial charge in [0.05, 0.1) is 11.1 Å². The first-order chi connectivity index (χ1) is 13.1. The summed E-state index contributed by atoms with van der Waals surface area (Å²) < 4.78 is 0. The SMILES string of the molecule is O=C(NC1CC1)c1cncc(C(=O)N2CCN(c3cccc(Cl)c3)CC2)c1. The minimum absolute atomic E-state index is 0.0886. The number of carbonyl (C=O) groups excluding carboxylic acids is 2. The fourth-order valence-corrected chi connectivity index (χ4v) is 3.39. The summed E-state index contributed by atoms with van der Waals surface area (Å²) in [5.41, 5.74) is 1.95. The van der Waals surface area contributed by atoms with Gasteiger partial charge in [0.2, 0.25) is 0 Å². The van der Waals surface area contributed by atoms with E-state index in [4.69, 9.17) is 11.6 Å². The maximum absolute atomic E-state index is 12.8. The number of nitrogens with one attached hydrogen (secondary N) is 1. The fraction of sp³-hybridized carbons (Fsp3) is 0.350. The van der Waals surface area contributed by atoms with Crippen LogP contribution in [-0.2, 0) is 0 Å². The third-order valence-electron chi connectivity index (χ3n) is 4.90. The lowest BCUT2D eigenvalue weighted by atomic mass is 10.1. The number of halogens is 1. The molecule has 0 spiro atoms. The number of nitrogens with zero attached hydrogens (tertiary/aromatic N) is 3. The van der Waals surface area contributed by atoms with Crippen LogP contribution in [0.4, 0.5) is 5.69 Å². The van der Waals surface area contributed by atoms with Crippen molar-refractivity contribution in [3.63, 3.8) is 0 Å². The Morgan fingerprint density at radius 2 is 1.78 bits per heavy atom. The molecule has 0 unspecified atom stereocenters. The summed E-state index contributed by atoms with van der Waals surface area (Å²) in [4.78, 5) is 33.1. The highest BCUT2D eigenvalue weighted by Gasteiger charge is 2.26. The average Bonchev–Trinajstić information content (AvgIpc) is 3.51. The van der Waals surface area contributed by atoms with Crippen LogP contribution >= 0.6 is 11.6 Å². The van der Waals surface area contributed by atoms with Crippen LogP contribution in [0.25, 0.3) is 0 Å². The third kappa shape index (κ3) is 4.22. The highest BCUT2D eigenvalue weighted by Crippen LogP contribution is 2.22. The van der Waals surface area contributed by atoms with Gasteiger partial charge in [0.15, 0.2) is 0 Å². The lowest BCUT2D eigenvalue weighted by molar-refractivity contribution is 0.0746. The molecule has 0 bridgehead atoms. The van der Waals surface area contributed by atoms with Crippen LogP contribution in [0, 0.1) is 0 Å². The van der Waals surface area contributed by atoms with Gasteiger partial charge >= 0.3 is 0 Å². The molecule has 0 radical (unpaired) electrons. The molecule has 1 aromatic heterocycles. The quantitative estimate of drug-likeness (QED) is 0.879. The molecule has 1 saturated heterocycles. The lowest BCUT2D eigenvalue weighted by Gasteiger charge is -2.36. The first-order valence-corrected chi connectivity index (χ1v) is 9.53. The molecular formula is C20H21ClN4O2. The summed E-state index contributed by atoms with van der Waals surface area (Å²) in [7, 11) is 0. The van der Waals surface area contributed by atoms with E-state index in [0.717, 1.165) is 31.6 Å². The molecule has 0 atom stereocenters. The molecule has 2 aliphatic rings. The van der Waals surface area contributed by atoms with Gasteiger partial charge in [0, 0.05) is 55.3 Å². The number of hydrogen-bond donors (Lipinski definition) is 1. The molecule has 1 N–H and O–H groups in total. The van der Waals surface area contributed by atoms with Crippen molar-refractivity contribution in [2.24, 2.45) is 0 Å². The minimum atomic E-state index is -0.162. The Morgan fingerprint density at radius 1 is 1.04 bits per heavy atom. The Hall–Kier alpha value is -2.60. The van der Waals surface area contributed by atoms with Crippen molar-refractivity contribution in [2.75, 3.05) is 31.1 Å². The van der Waals surface area contributed by atoms with Gasteiger partial charge in [-0.1, -0.05) is 17.7 Å². The normalized spacial score (nSPS) is 16.9.